The topological polar surface area (TPSA) is 77.0 Å². The summed E-state index contributed by atoms with van der Waals surface area (Å²) in [5, 5.41) is 1.08. The first kappa shape index (κ1) is 12.6. The smallest absolute Gasteiger partial charge is 0.0745 e. The molecule has 1 atom stereocenters. The van der Waals surface area contributed by atoms with Gasteiger partial charge >= 0.3 is 0 Å². The van der Waals surface area contributed by atoms with Crippen molar-refractivity contribution in [3.8, 4) is 0 Å². The molecule has 1 unspecified atom stereocenters. The SMILES string of the molecule is NNC(c1cnc2ccccc2c1)c1ccccc1N. The number of anilines is 1. The van der Waals surface area contributed by atoms with Crippen LogP contribution in [0.3, 0.4) is 0 Å². The standard InChI is InChI=1S/C16H16N4/c17-14-7-3-2-6-13(14)16(20-18)12-9-11-5-1-4-8-15(11)19-10-12/h1-10,16,20H,17-18H2. The van der Waals surface area contributed by atoms with Crippen LogP contribution in [0.25, 0.3) is 10.9 Å². The fraction of sp³-hybridized carbons (Fsp3) is 0.0625. The molecule has 4 nitrogen and oxygen atoms in total. The van der Waals surface area contributed by atoms with E-state index in [2.05, 4.69) is 16.5 Å². The Balaban J connectivity index is 2.10. The summed E-state index contributed by atoms with van der Waals surface area (Å²) in [4.78, 5) is 4.47. The number of hydrazine groups is 1. The minimum Gasteiger partial charge on any atom is -0.398 e. The molecule has 0 aliphatic heterocycles. The highest BCUT2D eigenvalue weighted by molar-refractivity contribution is 5.79. The van der Waals surface area contributed by atoms with Crippen molar-refractivity contribution in [3.05, 3.63) is 71.9 Å². The molecule has 0 radical (unpaired) electrons. The van der Waals surface area contributed by atoms with E-state index in [-0.39, 0.29) is 6.04 Å². The molecule has 1 heterocycles. The van der Waals surface area contributed by atoms with Gasteiger partial charge in [0.1, 0.15) is 0 Å². The van der Waals surface area contributed by atoms with Crippen LogP contribution in [0.4, 0.5) is 5.69 Å². The zero-order chi connectivity index (χ0) is 13.9. The number of hydrogen-bond acceptors (Lipinski definition) is 4. The maximum Gasteiger partial charge on any atom is 0.0745 e. The van der Waals surface area contributed by atoms with Crippen molar-refractivity contribution in [3.63, 3.8) is 0 Å². The number of para-hydroxylation sites is 2. The largest absolute Gasteiger partial charge is 0.398 e. The van der Waals surface area contributed by atoms with E-state index in [1.807, 2.05) is 54.7 Å². The lowest BCUT2D eigenvalue weighted by atomic mass is 9.98. The molecule has 2 aromatic carbocycles. The van der Waals surface area contributed by atoms with Crippen LogP contribution in [-0.2, 0) is 0 Å². The lowest BCUT2D eigenvalue weighted by Crippen LogP contribution is -2.29. The van der Waals surface area contributed by atoms with Gasteiger partial charge in [0, 0.05) is 17.3 Å². The molecule has 100 valence electrons. The highest BCUT2D eigenvalue weighted by Crippen LogP contribution is 2.27. The van der Waals surface area contributed by atoms with Crippen molar-refractivity contribution in [2.45, 2.75) is 6.04 Å². The number of fused-ring (bicyclic) bond motifs is 1. The maximum atomic E-state index is 6.03. The number of rotatable bonds is 3. The van der Waals surface area contributed by atoms with Crippen LogP contribution in [0.1, 0.15) is 17.2 Å². The van der Waals surface area contributed by atoms with Gasteiger partial charge in [0.25, 0.3) is 0 Å². The number of pyridine rings is 1. The van der Waals surface area contributed by atoms with Crippen LogP contribution in [0.15, 0.2) is 60.8 Å². The van der Waals surface area contributed by atoms with Crippen molar-refractivity contribution >= 4 is 16.6 Å². The van der Waals surface area contributed by atoms with E-state index in [0.29, 0.717) is 5.69 Å². The molecule has 0 aliphatic carbocycles. The van der Waals surface area contributed by atoms with Gasteiger partial charge in [-0.3, -0.25) is 10.8 Å². The van der Waals surface area contributed by atoms with Crippen LogP contribution in [0.5, 0.6) is 0 Å². The average Bonchev–Trinajstić information content (AvgIpc) is 2.50. The zero-order valence-corrected chi connectivity index (χ0v) is 11.0. The molecule has 0 amide bonds. The van der Waals surface area contributed by atoms with E-state index in [0.717, 1.165) is 22.0 Å². The average molecular weight is 264 g/mol. The van der Waals surface area contributed by atoms with Crippen molar-refractivity contribution in [2.75, 3.05) is 5.73 Å². The summed E-state index contributed by atoms with van der Waals surface area (Å²) >= 11 is 0. The van der Waals surface area contributed by atoms with E-state index in [1.54, 1.807) is 0 Å². The van der Waals surface area contributed by atoms with Crippen molar-refractivity contribution in [1.82, 2.24) is 10.4 Å². The van der Waals surface area contributed by atoms with Crippen molar-refractivity contribution in [2.24, 2.45) is 5.84 Å². The van der Waals surface area contributed by atoms with E-state index < -0.39 is 0 Å². The Morgan fingerprint density at radius 2 is 1.75 bits per heavy atom. The normalized spacial score (nSPS) is 12.4. The minimum atomic E-state index is -0.173. The zero-order valence-electron chi connectivity index (χ0n) is 11.0. The molecule has 0 spiro atoms. The molecular formula is C16H16N4. The van der Waals surface area contributed by atoms with Gasteiger partial charge in [-0.25, -0.2) is 5.43 Å². The number of nitrogens with zero attached hydrogens (tertiary/aromatic N) is 1. The third kappa shape index (κ3) is 2.22. The first-order valence-electron chi connectivity index (χ1n) is 6.45. The number of benzene rings is 2. The first-order chi connectivity index (χ1) is 9.79. The highest BCUT2D eigenvalue weighted by atomic mass is 15.2. The van der Waals surface area contributed by atoms with Gasteiger partial charge in [-0.05, 0) is 29.3 Å². The van der Waals surface area contributed by atoms with Gasteiger partial charge in [-0.1, -0.05) is 36.4 Å². The number of nitrogens with one attached hydrogen (secondary N) is 1. The van der Waals surface area contributed by atoms with Gasteiger partial charge in [-0.2, -0.15) is 0 Å². The fourth-order valence-corrected chi connectivity index (χ4v) is 2.39. The third-order valence-corrected chi connectivity index (χ3v) is 3.42. The monoisotopic (exact) mass is 264 g/mol. The molecule has 0 bridgehead atoms. The van der Waals surface area contributed by atoms with Crippen LogP contribution in [0.2, 0.25) is 0 Å². The summed E-state index contributed by atoms with van der Waals surface area (Å²) in [7, 11) is 0. The predicted molar refractivity (Wildman–Crippen MR) is 81.8 cm³/mol. The summed E-state index contributed by atoms with van der Waals surface area (Å²) in [6.45, 7) is 0. The molecule has 20 heavy (non-hydrogen) atoms. The number of nitrogens with two attached hydrogens (primary N) is 2. The van der Waals surface area contributed by atoms with Gasteiger partial charge < -0.3 is 5.73 Å². The number of aromatic nitrogens is 1. The van der Waals surface area contributed by atoms with Crippen LogP contribution in [-0.4, -0.2) is 4.98 Å². The van der Waals surface area contributed by atoms with Crippen LogP contribution >= 0.6 is 0 Å². The second-order valence-corrected chi connectivity index (χ2v) is 4.69. The summed E-state index contributed by atoms with van der Waals surface area (Å²) in [5.74, 6) is 5.72. The second-order valence-electron chi connectivity index (χ2n) is 4.69. The Kier molecular flexibility index (Phi) is 3.33. The second kappa shape index (κ2) is 5.28. The van der Waals surface area contributed by atoms with E-state index in [1.165, 1.54) is 0 Å². The summed E-state index contributed by atoms with van der Waals surface area (Å²) in [6, 6.07) is 17.6. The molecule has 0 saturated heterocycles. The molecule has 3 rings (SSSR count). The maximum absolute atomic E-state index is 6.03. The van der Waals surface area contributed by atoms with Gasteiger partial charge in [0.2, 0.25) is 0 Å². The molecule has 1 aromatic heterocycles. The molecule has 0 fully saturated rings. The summed E-state index contributed by atoms with van der Waals surface area (Å²) in [6.07, 6.45) is 1.83. The number of nitrogen functional groups attached to an aromatic ring is 1. The molecule has 3 aromatic rings. The summed E-state index contributed by atoms with van der Waals surface area (Å²) in [5.41, 5.74) is 12.5. The summed E-state index contributed by atoms with van der Waals surface area (Å²) < 4.78 is 0. The van der Waals surface area contributed by atoms with Crippen LogP contribution in [0, 0.1) is 0 Å². The number of hydrogen-bond donors (Lipinski definition) is 3. The Hall–Kier alpha value is -2.43. The Morgan fingerprint density at radius 1 is 1.00 bits per heavy atom. The first-order valence-corrected chi connectivity index (χ1v) is 6.45. The lowest BCUT2D eigenvalue weighted by Gasteiger charge is -2.18. The highest BCUT2D eigenvalue weighted by Gasteiger charge is 2.15. The lowest BCUT2D eigenvalue weighted by molar-refractivity contribution is 0.637. The Morgan fingerprint density at radius 3 is 2.55 bits per heavy atom. The third-order valence-electron chi connectivity index (χ3n) is 3.42. The Labute approximate surface area is 117 Å². The van der Waals surface area contributed by atoms with Crippen molar-refractivity contribution in [1.29, 1.82) is 0 Å². The van der Waals surface area contributed by atoms with Gasteiger partial charge in [0.05, 0.1) is 11.6 Å². The van der Waals surface area contributed by atoms with E-state index in [9.17, 15) is 0 Å². The Bertz CT molecular complexity index is 739. The fourth-order valence-electron chi connectivity index (χ4n) is 2.39. The predicted octanol–water partition coefficient (Wildman–Crippen LogP) is 2.37. The van der Waals surface area contributed by atoms with Gasteiger partial charge in [-0.15, -0.1) is 0 Å². The van der Waals surface area contributed by atoms with E-state index in [4.69, 9.17) is 11.6 Å². The van der Waals surface area contributed by atoms with Crippen molar-refractivity contribution < 1.29 is 0 Å². The molecule has 0 aliphatic rings. The molecule has 5 N–H and O–H groups in total. The van der Waals surface area contributed by atoms with Gasteiger partial charge in [0.15, 0.2) is 0 Å². The van der Waals surface area contributed by atoms with E-state index >= 15 is 0 Å². The molecule has 0 saturated carbocycles. The van der Waals surface area contributed by atoms with Crippen LogP contribution < -0.4 is 17.0 Å². The minimum absolute atomic E-state index is 0.173. The molecule has 4 heteroatoms. The molecular weight excluding hydrogens is 248 g/mol. The quantitative estimate of drug-likeness (QED) is 0.385.